The van der Waals surface area contributed by atoms with E-state index in [-0.39, 0.29) is 11.9 Å². The molecule has 1 N–H and O–H groups in total. The second kappa shape index (κ2) is 5.70. The van der Waals surface area contributed by atoms with Crippen molar-refractivity contribution in [1.29, 1.82) is 0 Å². The highest BCUT2D eigenvalue weighted by Gasteiger charge is 2.30. The van der Waals surface area contributed by atoms with Crippen molar-refractivity contribution in [3.8, 4) is 0 Å². The fourth-order valence-corrected chi connectivity index (χ4v) is 2.64. The van der Waals surface area contributed by atoms with Gasteiger partial charge >= 0.3 is 0 Å². The highest BCUT2D eigenvalue weighted by Crippen LogP contribution is 2.24. The van der Waals surface area contributed by atoms with Gasteiger partial charge in [0.25, 0.3) is 0 Å². The van der Waals surface area contributed by atoms with Crippen molar-refractivity contribution in [2.24, 2.45) is 0 Å². The van der Waals surface area contributed by atoms with Crippen molar-refractivity contribution < 1.29 is 4.79 Å². The molecule has 2 rings (SSSR count). The molecule has 1 fully saturated rings. The lowest BCUT2D eigenvalue weighted by Gasteiger charge is -2.34. The van der Waals surface area contributed by atoms with Gasteiger partial charge in [-0.3, -0.25) is 9.78 Å². The molecule has 4 heteroatoms. The van der Waals surface area contributed by atoms with Crippen LogP contribution in [0.15, 0.2) is 12.1 Å². The third-order valence-electron chi connectivity index (χ3n) is 3.46. The zero-order valence-electron chi connectivity index (χ0n) is 12.2. The number of anilines is 1. The Kier molecular flexibility index (Phi) is 4.20. The van der Waals surface area contributed by atoms with Crippen molar-refractivity contribution in [3.63, 3.8) is 0 Å². The first-order valence-corrected chi connectivity index (χ1v) is 7.00. The Bertz CT molecular complexity index is 470. The monoisotopic (exact) mass is 261 g/mol. The van der Waals surface area contributed by atoms with Gasteiger partial charge in [0.15, 0.2) is 0 Å². The van der Waals surface area contributed by atoms with E-state index in [1.165, 1.54) is 0 Å². The Balaban J connectivity index is 2.21. The lowest BCUT2D eigenvalue weighted by Crippen LogP contribution is -2.52. The molecule has 104 valence electrons. The highest BCUT2D eigenvalue weighted by molar-refractivity contribution is 5.98. The van der Waals surface area contributed by atoms with E-state index >= 15 is 0 Å². The number of hydrogen-bond acceptors (Lipinski definition) is 3. The highest BCUT2D eigenvalue weighted by atomic mass is 16.2. The molecule has 0 saturated carbocycles. The second-order valence-electron chi connectivity index (χ2n) is 5.56. The summed E-state index contributed by atoms with van der Waals surface area (Å²) in [5.41, 5.74) is 2.87. The molecule has 1 aromatic heterocycles. The molecule has 2 heterocycles. The Morgan fingerprint density at radius 3 is 2.74 bits per heavy atom. The molecule has 1 aliphatic heterocycles. The van der Waals surface area contributed by atoms with Gasteiger partial charge in [-0.2, -0.15) is 0 Å². The molecule has 19 heavy (non-hydrogen) atoms. The van der Waals surface area contributed by atoms with Crippen LogP contribution in [-0.4, -0.2) is 29.5 Å². The van der Waals surface area contributed by atoms with Gasteiger partial charge in [0, 0.05) is 18.3 Å². The third-order valence-corrected chi connectivity index (χ3v) is 3.46. The van der Waals surface area contributed by atoms with Crippen LogP contribution in [0.4, 0.5) is 5.69 Å². The molecule has 0 spiro atoms. The normalized spacial score (nSPS) is 20.2. The van der Waals surface area contributed by atoms with Crippen LogP contribution in [0.5, 0.6) is 0 Å². The van der Waals surface area contributed by atoms with Gasteiger partial charge in [0.1, 0.15) is 0 Å². The number of amides is 1. The minimum absolute atomic E-state index is 0.0607. The van der Waals surface area contributed by atoms with E-state index in [4.69, 9.17) is 0 Å². The summed E-state index contributed by atoms with van der Waals surface area (Å²) in [6, 6.07) is 4.24. The quantitative estimate of drug-likeness (QED) is 0.907. The maximum Gasteiger partial charge on any atom is 0.244 e. The van der Waals surface area contributed by atoms with Crippen molar-refractivity contribution in [2.75, 3.05) is 11.4 Å². The average Bonchev–Trinajstić information content (AvgIpc) is 2.32. The number of rotatable bonds is 3. The van der Waals surface area contributed by atoms with Crippen LogP contribution in [0.1, 0.15) is 38.1 Å². The Morgan fingerprint density at radius 1 is 1.37 bits per heavy atom. The Labute approximate surface area is 115 Å². The molecule has 1 amide bonds. The summed E-state index contributed by atoms with van der Waals surface area (Å²) in [6.45, 7) is 8.88. The number of piperidine rings is 1. The predicted molar refractivity (Wildman–Crippen MR) is 77.4 cm³/mol. The summed E-state index contributed by atoms with van der Waals surface area (Å²) in [5, 5.41) is 3.35. The maximum absolute atomic E-state index is 12.5. The minimum Gasteiger partial charge on any atom is -0.309 e. The molecule has 1 atom stereocenters. The number of pyridine rings is 1. The van der Waals surface area contributed by atoms with E-state index in [1.54, 1.807) is 0 Å². The lowest BCUT2D eigenvalue weighted by atomic mass is 10.0. The van der Waals surface area contributed by atoms with E-state index in [9.17, 15) is 4.79 Å². The van der Waals surface area contributed by atoms with Crippen LogP contribution in [0.3, 0.4) is 0 Å². The van der Waals surface area contributed by atoms with Crippen LogP contribution >= 0.6 is 0 Å². The Hall–Kier alpha value is -1.42. The SMILES string of the molecule is Cc1ccc(N2CCCC(NC(C)C)C2=O)c(C)n1. The summed E-state index contributed by atoms with van der Waals surface area (Å²) >= 11 is 0. The zero-order chi connectivity index (χ0) is 14.0. The van der Waals surface area contributed by atoms with Gasteiger partial charge in [-0.1, -0.05) is 13.8 Å². The first-order chi connectivity index (χ1) is 8.99. The number of carbonyl (C=O) groups excluding carboxylic acids is 1. The summed E-state index contributed by atoms with van der Waals surface area (Å²) < 4.78 is 0. The molecule has 4 nitrogen and oxygen atoms in total. The van der Waals surface area contributed by atoms with Crippen molar-refractivity contribution in [1.82, 2.24) is 10.3 Å². The average molecular weight is 261 g/mol. The number of carbonyl (C=O) groups is 1. The minimum atomic E-state index is -0.0607. The third kappa shape index (κ3) is 3.13. The first-order valence-electron chi connectivity index (χ1n) is 7.00. The second-order valence-corrected chi connectivity index (χ2v) is 5.56. The molecule has 1 aromatic rings. The van der Waals surface area contributed by atoms with E-state index in [2.05, 4.69) is 24.1 Å². The summed E-state index contributed by atoms with van der Waals surface area (Å²) in [5.74, 6) is 0.175. The first kappa shape index (κ1) is 14.0. The summed E-state index contributed by atoms with van der Waals surface area (Å²) in [6.07, 6.45) is 1.95. The Morgan fingerprint density at radius 2 is 2.11 bits per heavy atom. The molecular weight excluding hydrogens is 238 g/mol. The van der Waals surface area contributed by atoms with Crippen molar-refractivity contribution in [2.45, 2.75) is 52.6 Å². The predicted octanol–water partition coefficient (Wildman–Crippen LogP) is 2.19. The van der Waals surface area contributed by atoms with Crippen LogP contribution < -0.4 is 10.2 Å². The molecule has 0 aromatic carbocycles. The molecule has 1 aliphatic rings. The molecule has 0 radical (unpaired) electrons. The van der Waals surface area contributed by atoms with Crippen molar-refractivity contribution >= 4 is 11.6 Å². The van der Waals surface area contributed by atoms with Gasteiger partial charge in [0.2, 0.25) is 5.91 Å². The molecule has 0 bridgehead atoms. The standard InChI is InChI=1S/C15H23N3O/c1-10(2)16-13-6-5-9-18(15(13)19)14-8-7-11(3)17-12(14)4/h7-8,10,13,16H,5-6,9H2,1-4H3. The van der Waals surface area contributed by atoms with Gasteiger partial charge in [-0.15, -0.1) is 0 Å². The molecular formula is C15H23N3O. The van der Waals surface area contributed by atoms with Crippen LogP contribution in [0, 0.1) is 13.8 Å². The van der Waals surface area contributed by atoms with Crippen LogP contribution in [-0.2, 0) is 4.79 Å². The van der Waals surface area contributed by atoms with Crippen LogP contribution in [0.2, 0.25) is 0 Å². The fourth-order valence-electron chi connectivity index (χ4n) is 2.64. The number of aromatic nitrogens is 1. The molecule has 0 aliphatic carbocycles. The number of hydrogen-bond donors (Lipinski definition) is 1. The number of nitrogens with one attached hydrogen (secondary N) is 1. The van der Waals surface area contributed by atoms with Crippen LogP contribution in [0.25, 0.3) is 0 Å². The fraction of sp³-hybridized carbons (Fsp3) is 0.600. The van der Waals surface area contributed by atoms with E-state index in [0.717, 1.165) is 36.5 Å². The zero-order valence-corrected chi connectivity index (χ0v) is 12.2. The number of aryl methyl sites for hydroxylation is 2. The maximum atomic E-state index is 12.5. The topological polar surface area (TPSA) is 45.2 Å². The number of nitrogens with zero attached hydrogens (tertiary/aromatic N) is 2. The van der Waals surface area contributed by atoms with Gasteiger partial charge in [0.05, 0.1) is 17.4 Å². The van der Waals surface area contributed by atoms with E-state index in [0.29, 0.717) is 6.04 Å². The summed E-state index contributed by atoms with van der Waals surface area (Å²) in [4.78, 5) is 18.9. The smallest absolute Gasteiger partial charge is 0.244 e. The lowest BCUT2D eigenvalue weighted by molar-refractivity contribution is -0.121. The van der Waals surface area contributed by atoms with E-state index in [1.807, 2.05) is 30.9 Å². The van der Waals surface area contributed by atoms with Crippen molar-refractivity contribution in [3.05, 3.63) is 23.5 Å². The van der Waals surface area contributed by atoms with Gasteiger partial charge in [-0.25, -0.2) is 0 Å². The largest absolute Gasteiger partial charge is 0.309 e. The van der Waals surface area contributed by atoms with E-state index < -0.39 is 0 Å². The summed E-state index contributed by atoms with van der Waals surface area (Å²) in [7, 11) is 0. The van der Waals surface area contributed by atoms with Gasteiger partial charge in [-0.05, 0) is 38.8 Å². The van der Waals surface area contributed by atoms with Gasteiger partial charge < -0.3 is 10.2 Å². The molecule has 1 saturated heterocycles. The molecule has 1 unspecified atom stereocenters.